The van der Waals surface area contributed by atoms with E-state index in [9.17, 15) is 14.6 Å². The van der Waals surface area contributed by atoms with Crippen LogP contribution >= 0.6 is 0 Å². The highest BCUT2D eigenvalue weighted by Gasteiger charge is 2.34. The fraction of sp³-hybridized carbons (Fsp3) is 0.370. The summed E-state index contributed by atoms with van der Waals surface area (Å²) in [5.74, 6) is -0.0258. The molecule has 2 aliphatic heterocycles. The van der Waals surface area contributed by atoms with E-state index in [1.54, 1.807) is 30.3 Å². The monoisotopic (exact) mass is 503 g/mol. The highest BCUT2D eigenvalue weighted by Crippen LogP contribution is 2.29. The number of nitrogens with two attached hydrogens (primary N) is 1. The Morgan fingerprint density at radius 2 is 1.95 bits per heavy atom. The average Bonchev–Trinajstić information content (AvgIpc) is 3.07. The summed E-state index contributed by atoms with van der Waals surface area (Å²) in [6, 6.07) is 10.5. The minimum atomic E-state index is -1.04. The van der Waals surface area contributed by atoms with Crippen molar-refractivity contribution in [3.8, 4) is 0 Å². The number of fused-ring (bicyclic) bond motifs is 2. The molecule has 2 aromatic carbocycles. The van der Waals surface area contributed by atoms with Crippen LogP contribution in [-0.2, 0) is 9.45 Å². The summed E-state index contributed by atoms with van der Waals surface area (Å²) < 4.78 is 5.59. The van der Waals surface area contributed by atoms with Gasteiger partial charge in [0.05, 0.1) is 11.8 Å². The van der Waals surface area contributed by atoms with Crippen LogP contribution in [0.3, 0.4) is 0 Å². The number of anilines is 1. The number of hydrogen-bond donors (Lipinski definition) is 4. The van der Waals surface area contributed by atoms with Crippen LogP contribution in [-0.4, -0.2) is 61.4 Å². The van der Waals surface area contributed by atoms with Crippen molar-refractivity contribution in [2.75, 3.05) is 32.0 Å². The van der Waals surface area contributed by atoms with Gasteiger partial charge in [0.2, 0.25) is 5.91 Å². The second-order valence-electron chi connectivity index (χ2n) is 9.35. The van der Waals surface area contributed by atoms with Crippen LogP contribution in [0.5, 0.6) is 0 Å². The Balaban J connectivity index is 1.55. The lowest BCUT2D eigenvalue weighted by molar-refractivity contribution is -0.127. The zero-order chi connectivity index (χ0) is 26.5. The quantitative estimate of drug-likeness (QED) is 0.389. The maximum Gasteiger partial charge on any atom is 0.492 e. The number of nitrogens with one attached hydrogen (secondary N) is 2. The van der Waals surface area contributed by atoms with E-state index in [-0.39, 0.29) is 24.3 Å². The maximum atomic E-state index is 13.2. The Labute approximate surface area is 217 Å². The van der Waals surface area contributed by atoms with Crippen molar-refractivity contribution in [1.29, 1.82) is 0 Å². The Morgan fingerprint density at radius 3 is 2.65 bits per heavy atom. The molecular weight excluding hydrogens is 469 g/mol. The number of rotatable bonds is 9. The highest BCUT2D eigenvalue weighted by atomic mass is 16.5. The molecule has 0 aliphatic carbocycles. The number of likely N-dealkylation sites (N-methyl/N-ethyl adjacent to an activating group) is 1. The lowest BCUT2D eigenvalue weighted by Crippen LogP contribution is -2.34. The lowest BCUT2D eigenvalue weighted by Gasteiger charge is -2.22. The molecule has 9 nitrogen and oxygen atoms in total. The Kier molecular flexibility index (Phi) is 8.43. The van der Waals surface area contributed by atoms with Gasteiger partial charge in [0.25, 0.3) is 5.91 Å². The highest BCUT2D eigenvalue weighted by molar-refractivity contribution is 6.62. The summed E-state index contributed by atoms with van der Waals surface area (Å²) >= 11 is 0. The zero-order valence-corrected chi connectivity index (χ0v) is 21.6. The first-order valence-corrected chi connectivity index (χ1v) is 12.7. The van der Waals surface area contributed by atoms with Crippen molar-refractivity contribution < 1.29 is 19.3 Å². The van der Waals surface area contributed by atoms with Crippen molar-refractivity contribution >= 4 is 47.7 Å². The van der Waals surface area contributed by atoms with Crippen molar-refractivity contribution in [3.05, 3.63) is 58.7 Å². The van der Waals surface area contributed by atoms with E-state index in [4.69, 9.17) is 10.4 Å². The van der Waals surface area contributed by atoms with Gasteiger partial charge in [0, 0.05) is 48.4 Å². The molecule has 37 heavy (non-hydrogen) atoms. The number of carbonyl (C=O) groups is 2. The third-order valence-electron chi connectivity index (χ3n) is 6.45. The fourth-order valence-electron chi connectivity index (χ4n) is 4.74. The van der Waals surface area contributed by atoms with Crippen molar-refractivity contribution in [2.45, 2.75) is 39.2 Å². The van der Waals surface area contributed by atoms with Crippen molar-refractivity contribution in [3.63, 3.8) is 0 Å². The largest absolute Gasteiger partial charge is 0.492 e. The SMILES string of the molecule is CCCN(CCC)C(=O)C1=Cc2ccc(C(=O)Nc3ccc4c(c3)B(O)OC4CNC)cc2N=C(N)C1. The van der Waals surface area contributed by atoms with Crippen LogP contribution in [0.2, 0.25) is 0 Å². The number of amidine groups is 1. The van der Waals surface area contributed by atoms with Gasteiger partial charge in [0.15, 0.2) is 0 Å². The van der Waals surface area contributed by atoms with E-state index >= 15 is 0 Å². The number of nitrogens with zero attached hydrogens (tertiary/aromatic N) is 2. The third kappa shape index (κ3) is 5.93. The second-order valence-corrected chi connectivity index (χ2v) is 9.35. The second kappa shape index (κ2) is 11.7. The van der Waals surface area contributed by atoms with Crippen molar-refractivity contribution in [2.24, 2.45) is 10.7 Å². The Morgan fingerprint density at radius 1 is 1.19 bits per heavy atom. The first kappa shape index (κ1) is 26.6. The van der Waals surface area contributed by atoms with Gasteiger partial charge in [-0.1, -0.05) is 26.0 Å². The standard InChI is InChI=1S/C27H34BN5O4/c1-4-10-33(11-5-2)27(35)19-12-17-6-7-18(13-23(17)32-25(29)14-19)26(34)31-20-8-9-21-22(15-20)28(36)37-24(21)16-30-3/h6-9,12-13,15,24,30,36H,4-5,10-11,14,16H2,1-3H3,(H2,29,32)(H,31,34). The van der Waals surface area contributed by atoms with Gasteiger partial charge < -0.3 is 30.9 Å². The van der Waals surface area contributed by atoms with Gasteiger partial charge in [-0.15, -0.1) is 0 Å². The summed E-state index contributed by atoms with van der Waals surface area (Å²) in [5, 5.41) is 16.2. The van der Waals surface area contributed by atoms with Crippen LogP contribution < -0.4 is 21.8 Å². The molecule has 0 saturated carbocycles. The van der Waals surface area contributed by atoms with E-state index in [2.05, 4.69) is 29.5 Å². The first-order chi connectivity index (χ1) is 17.8. The van der Waals surface area contributed by atoms with Crippen LogP contribution in [0.1, 0.15) is 60.7 Å². The predicted molar refractivity (Wildman–Crippen MR) is 147 cm³/mol. The van der Waals surface area contributed by atoms with Gasteiger partial charge in [-0.25, -0.2) is 4.99 Å². The molecule has 5 N–H and O–H groups in total. The molecule has 0 spiro atoms. The average molecular weight is 503 g/mol. The summed E-state index contributed by atoms with van der Waals surface area (Å²) in [6.07, 6.45) is 3.60. The minimum Gasteiger partial charge on any atom is -0.423 e. The third-order valence-corrected chi connectivity index (χ3v) is 6.45. The molecule has 2 aliphatic rings. The van der Waals surface area contributed by atoms with Crippen LogP contribution in [0, 0.1) is 0 Å². The first-order valence-electron chi connectivity index (χ1n) is 12.7. The van der Waals surface area contributed by atoms with Gasteiger partial charge >= 0.3 is 7.12 Å². The molecule has 194 valence electrons. The fourth-order valence-corrected chi connectivity index (χ4v) is 4.74. The number of hydrogen-bond acceptors (Lipinski definition) is 7. The van der Waals surface area contributed by atoms with Crippen LogP contribution in [0.4, 0.5) is 11.4 Å². The molecule has 1 unspecified atom stereocenters. The molecule has 0 radical (unpaired) electrons. The topological polar surface area (TPSA) is 129 Å². The van der Waals surface area contributed by atoms with Crippen LogP contribution in [0.25, 0.3) is 6.08 Å². The molecule has 2 aromatic rings. The molecule has 2 heterocycles. The molecule has 0 aromatic heterocycles. The molecule has 0 fully saturated rings. The van der Waals surface area contributed by atoms with Gasteiger partial charge in [0.1, 0.15) is 5.84 Å². The normalized spacial score (nSPS) is 16.3. The van der Waals surface area contributed by atoms with Crippen molar-refractivity contribution in [1.82, 2.24) is 10.2 Å². The number of carbonyl (C=O) groups excluding carboxylic acids is 2. The minimum absolute atomic E-state index is 0.0312. The Bertz CT molecular complexity index is 1240. The maximum absolute atomic E-state index is 13.2. The summed E-state index contributed by atoms with van der Waals surface area (Å²) in [6.45, 7) is 6.05. The Hall–Kier alpha value is -3.47. The van der Waals surface area contributed by atoms with Gasteiger partial charge in [-0.3, -0.25) is 9.59 Å². The molecule has 2 amide bonds. The predicted octanol–water partition coefficient (Wildman–Crippen LogP) is 2.34. The summed E-state index contributed by atoms with van der Waals surface area (Å²) in [5.41, 5.74) is 10.5. The summed E-state index contributed by atoms with van der Waals surface area (Å²) in [7, 11) is 0.784. The number of amides is 2. The smallest absolute Gasteiger partial charge is 0.423 e. The lowest BCUT2D eigenvalue weighted by atomic mass is 9.79. The van der Waals surface area contributed by atoms with Gasteiger partial charge in [-0.2, -0.15) is 0 Å². The van der Waals surface area contributed by atoms with Gasteiger partial charge in [-0.05, 0) is 61.3 Å². The van der Waals surface area contributed by atoms with E-state index in [1.807, 2.05) is 24.1 Å². The van der Waals surface area contributed by atoms with Crippen LogP contribution in [0.15, 0.2) is 47.0 Å². The molecule has 4 rings (SSSR count). The van der Waals surface area contributed by atoms with E-state index < -0.39 is 7.12 Å². The molecule has 1 atom stereocenters. The molecule has 0 saturated heterocycles. The number of benzene rings is 2. The van der Waals surface area contributed by atoms with E-state index in [1.165, 1.54) is 0 Å². The molecular formula is C27H34BN5O4. The zero-order valence-electron chi connectivity index (χ0n) is 21.6. The van der Waals surface area contributed by atoms with E-state index in [0.717, 1.165) is 24.0 Å². The molecule has 10 heteroatoms. The number of aliphatic imine (C=N–C) groups is 1. The summed E-state index contributed by atoms with van der Waals surface area (Å²) in [4.78, 5) is 32.6. The molecule has 0 bridgehead atoms. The van der Waals surface area contributed by atoms with E-state index in [0.29, 0.717) is 53.4 Å².